The minimum Gasteiger partial charge on any atom is -0.455 e. The Hall–Kier alpha value is -0.680. The summed E-state index contributed by atoms with van der Waals surface area (Å²) in [7, 11) is 0. The molecule has 64 valence electrons. The molecular formula is C7H7BrN2O2. The minimum absolute atomic E-state index is 0.0414. The first-order valence-electron chi connectivity index (χ1n) is 4.42. The lowest BCUT2D eigenvalue weighted by Crippen LogP contribution is -2.38. The Morgan fingerprint density at radius 1 is 1.58 bits per heavy atom. The van der Waals surface area contributed by atoms with Crippen molar-refractivity contribution in [3.05, 3.63) is 16.8 Å². The molecular weight excluding hydrogens is 224 g/mol. The topological polar surface area (TPSA) is 44.2 Å². The average molecular weight is 233 g/mol. The predicted molar refractivity (Wildman–Crippen MR) is 45.0 cm³/mol. The molecule has 1 aliphatic rings. The lowest BCUT2D eigenvalue weighted by atomic mass is 10.3. The van der Waals surface area contributed by atoms with Crippen molar-refractivity contribution in [2.45, 2.75) is 6.10 Å². The van der Waals surface area contributed by atoms with Gasteiger partial charge in [-0.1, -0.05) is 0 Å². The highest BCUT2D eigenvalue weighted by Crippen LogP contribution is 2.12. The van der Waals surface area contributed by atoms with E-state index >= 15 is 0 Å². The van der Waals surface area contributed by atoms with Crippen LogP contribution in [-0.4, -0.2) is 29.3 Å². The number of aromatic nitrogens is 2. The zero-order valence-electron chi connectivity index (χ0n) is 8.08. The van der Waals surface area contributed by atoms with Crippen LogP contribution < -0.4 is 4.74 Å². The maximum atomic E-state index is 7.39. The van der Waals surface area contributed by atoms with E-state index in [1.165, 1.54) is 0 Å². The predicted octanol–water partition coefficient (Wildman–Crippen LogP) is 1.02. The standard InChI is InChI=1S/C7H7BrN2O2/c8-5-1-9-7(10-2-5)12-6-3-11-4-6/h1-2,6H,3-4H2/i1D,2D. The van der Waals surface area contributed by atoms with Crippen LogP contribution in [0.4, 0.5) is 0 Å². The van der Waals surface area contributed by atoms with Gasteiger partial charge in [0, 0.05) is 12.3 Å². The molecule has 2 heterocycles. The number of hydrogen-bond acceptors (Lipinski definition) is 4. The van der Waals surface area contributed by atoms with Crippen LogP contribution in [0.1, 0.15) is 2.74 Å². The fourth-order valence-corrected chi connectivity index (χ4v) is 0.905. The molecule has 1 aromatic heterocycles. The van der Waals surface area contributed by atoms with Crippen molar-refractivity contribution in [1.82, 2.24) is 9.97 Å². The molecule has 0 aromatic carbocycles. The highest BCUT2D eigenvalue weighted by molar-refractivity contribution is 9.10. The Bertz CT molecular complexity index is 337. The first kappa shape index (κ1) is 5.88. The van der Waals surface area contributed by atoms with Crippen molar-refractivity contribution in [2.24, 2.45) is 0 Å². The van der Waals surface area contributed by atoms with Crippen LogP contribution >= 0.6 is 15.9 Å². The molecule has 0 amide bonds. The smallest absolute Gasteiger partial charge is 0.316 e. The zero-order valence-corrected chi connectivity index (χ0v) is 7.67. The minimum atomic E-state index is -0.0463. The first-order valence-corrected chi connectivity index (χ1v) is 4.21. The molecule has 0 radical (unpaired) electrons. The number of ether oxygens (including phenoxy) is 2. The molecule has 4 nitrogen and oxygen atoms in total. The summed E-state index contributed by atoms with van der Waals surface area (Å²) >= 11 is 3.03. The van der Waals surface area contributed by atoms with E-state index in [9.17, 15) is 0 Å². The van der Waals surface area contributed by atoms with Gasteiger partial charge in [-0.15, -0.1) is 0 Å². The molecule has 0 aliphatic carbocycles. The van der Waals surface area contributed by atoms with Gasteiger partial charge < -0.3 is 9.47 Å². The van der Waals surface area contributed by atoms with E-state index in [1.807, 2.05) is 0 Å². The summed E-state index contributed by atoms with van der Waals surface area (Å²) in [5.41, 5.74) is 0. The Morgan fingerprint density at radius 2 is 2.25 bits per heavy atom. The molecule has 0 saturated carbocycles. The normalized spacial score (nSPS) is 19.4. The maximum absolute atomic E-state index is 7.39. The molecule has 5 heteroatoms. The number of rotatable bonds is 2. The van der Waals surface area contributed by atoms with Crippen LogP contribution in [0, 0.1) is 0 Å². The number of halogens is 1. The molecule has 0 atom stereocenters. The summed E-state index contributed by atoms with van der Waals surface area (Å²) in [5, 5.41) is 0. The molecule has 1 aromatic rings. The second-order valence-electron chi connectivity index (χ2n) is 2.32. The lowest BCUT2D eigenvalue weighted by Gasteiger charge is -2.25. The molecule has 0 bridgehead atoms. The Kier molecular flexibility index (Phi) is 1.65. The molecule has 2 rings (SSSR count). The largest absolute Gasteiger partial charge is 0.455 e. The van der Waals surface area contributed by atoms with E-state index < -0.39 is 0 Å². The van der Waals surface area contributed by atoms with Gasteiger partial charge in [-0.25, -0.2) is 9.97 Å². The quantitative estimate of drug-likeness (QED) is 0.764. The van der Waals surface area contributed by atoms with Crippen LogP contribution in [0.2, 0.25) is 0 Å². The van der Waals surface area contributed by atoms with E-state index in [4.69, 9.17) is 12.2 Å². The summed E-state index contributed by atoms with van der Waals surface area (Å²) in [4.78, 5) is 7.53. The van der Waals surface area contributed by atoms with Crippen LogP contribution in [0.3, 0.4) is 0 Å². The van der Waals surface area contributed by atoms with Crippen molar-refractivity contribution < 1.29 is 12.2 Å². The molecule has 1 aliphatic heterocycles. The van der Waals surface area contributed by atoms with E-state index in [2.05, 4.69) is 25.9 Å². The van der Waals surface area contributed by atoms with Crippen LogP contribution in [0.5, 0.6) is 6.01 Å². The van der Waals surface area contributed by atoms with Gasteiger partial charge in [0.05, 0.1) is 20.4 Å². The van der Waals surface area contributed by atoms with Gasteiger partial charge in [0.15, 0.2) is 0 Å². The van der Waals surface area contributed by atoms with Crippen LogP contribution in [0.25, 0.3) is 0 Å². The third-order valence-corrected chi connectivity index (χ3v) is 1.73. The van der Waals surface area contributed by atoms with Gasteiger partial charge in [0.1, 0.15) is 6.10 Å². The summed E-state index contributed by atoms with van der Waals surface area (Å²) in [6, 6.07) is 0.0662. The van der Waals surface area contributed by atoms with Gasteiger partial charge in [0.2, 0.25) is 0 Å². The summed E-state index contributed by atoms with van der Waals surface area (Å²) in [6.07, 6.45) is -0.129. The first-order chi connectivity index (χ1) is 6.66. The Morgan fingerprint density at radius 3 is 2.75 bits per heavy atom. The van der Waals surface area contributed by atoms with Gasteiger partial charge in [0.25, 0.3) is 0 Å². The second-order valence-corrected chi connectivity index (χ2v) is 3.11. The third kappa shape index (κ3) is 1.73. The molecule has 1 fully saturated rings. The third-order valence-electron chi connectivity index (χ3n) is 1.38. The van der Waals surface area contributed by atoms with Crippen molar-refractivity contribution in [1.29, 1.82) is 0 Å². The van der Waals surface area contributed by atoms with E-state index in [0.717, 1.165) is 0 Å². The molecule has 0 N–H and O–H groups in total. The summed E-state index contributed by atoms with van der Waals surface area (Å²) in [6.45, 7) is 1.03. The number of hydrogen-bond donors (Lipinski definition) is 0. The number of nitrogens with zero attached hydrogens (tertiary/aromatic N) is 2. The fraction of sp³-hybridized carbons (Fsp3) is 0.429. The van der Waals surface area contributed by atoms with Gasteiger partial charge in [-0.2, -0.15) is 0 Å². The summed E-state index contributed by atoms with van der Waals surface area (Å²) < 4.78 is 25.2. The highest BCUT2D eigenvalue weighted by Gasteiger charge is 2.20. The maximum Gasteiger partial charge on any atom is 0.316 e. The van der Waals surface area contributed by atoms with Crippen molar-refractivity contribution in [2.75, 3.05) is 13.2 Å². The van der Waals surface area contributed by atoms with Crippen molar-refractivity contribution in [3.63, 3.8) is 0 Å². The molecule has 1 saturated heterocycles. The van der Waals surface area contributed by atoms with Crippen molar-refractivity contribution in [3.8, 4) is 6.01 Å². The molecule has 0 unspecified atom stereocenters. The Labute approximate surface area is 80.9 Å². The fourth-order valence-electron chi connectivity index (χ4n) is 0.728. The monoisotopic (exact) mass is 232 g/mol. The Balaban J connectivity index is 2.17. The van der Waals surface area contributed by atoms with Gasteiger partial charge >= 0.3 is 6.01 Å². The van der Waals surface area contributed by atoms with E-state index in [0.29, 0.717) is 13.2 Å². The average Bonchev–Trinajstić information content (AvgIpc) is 2.07. The van der Waals surface area contributed by atoms with Gasteiger partial charge in [-0.05, 0) is 15.9 Å². The SMILES string of the molecule is [2H]c1nc(OC2COC2)nc([2H])c1Br. The zero-order chi connectivity index (χ0) is 10.1. The van der Waals surface area contributed by atoms with Crippen LogP contribution in [-0.2, 0) is 4.74 Å². The second kappa shape index (κ2) is 3.37. The highest BCUT2D eigenvalue weighted by atomic mass is 79.9. The van der Waals surface area contributed by atoms with Gasteiger partial charge in [-0.3, -0.25) is 0 Å². The van der Waals surface area contributed by atoms with E-state index in [1.54, 1.807) is 0 Å². The van der Waals surface area contributed by atoms with E-state index in [-0.39, 0.29) is 28.9 Å². The molecule has 12 heavy (non-hydrogen) atoms. The lowest BCUT2D eigenvalue weighted by molar-refractivity contribution is -0.0831. The van der Waals surface area contributed by atoms with Crippen LogP contribution in [0.15, 0.2) is 16.8 Å². The van der Waals surface area contributed by atoms with Crippen molar-refractivity contribution >= 4 is 15.9 Å². The molecule has 0 spiro atoms. The summed E-state index contributed by atoms with van der Waals surface area (Å²) in [5.74, 6) is 0.